The van der Waals surface area contributed by atoms with Crippen molar-refractivity contribution in [1.82, 2.24) is 10.3 Å². The van der Waals surface area contributed by atoms with Crippen LogP contribution in [-0.2, 0) is 6.54 Å². The molecule has 0 aromatic carbocycles. The molecule has 0 amide bonds. The molecule has 1 aromatic heterocycles. The van der Waals surface area contributed by atoms with Gasteiger partial charge in [0.05, 0.1) is 0 Å². The monoisotopic (exact) mass is 275 g/mol. The van der Waals surface area contributed by atoms with Crippen LogP contribution >= 0.6 is 0 Å². The number of hydrogen-bond acceptors (Lipinski definition) is 3. The van der Waals surface area contributed by atoms with Gasteiger partial charge in [-0.2, -0.15) is 0 Å². The van der Waals surface area contributed by atoms with E-state index in [1.54, 1.807) is 0 Å². The van der Waals surface area contributed by atoms with Gasteiger partial charge in [0.15, 0.2) is 0 Å². The van der Waals surface area contributed by atoms with E-state index in [2.05, 4.69) is 50.2 Å². The molecule has 20 heavy (non-hydrogen) atoms. The van der Waals surface area contributed by atoms with Crippen molar-refractivity contribution >= 4 is 5.82 Å². The van der Waals surface area contributed by atoms with E-state index >= 15 is 0 Å². The first-order valence-electron chi connectivity index (χ1n) is 8.02. The quantitative estimate of drug-likeness (QED) is 0.825. The molecule has 1 saturated carbocycles. The van der Waals surface area contributed by atoms with Gasteiger partial charge in [-0.05, 0) is 48.9 Å². The predicted molar refractivity (Wildman–Crippen MR) is 86.3 cm³/mol. The molecule has 1 fully saturated rings. The molecule has 0 radical (unpaired) electrons. The molecule has 1 aliphatic rings. The van der Waals surface area contributed by atoms with Crippen LogP contribution in [0.3, 0.4) is 0 Å². The van der Waals surface area contributed by atoms with E-state index in [1.807, 2.05) is 0 Å². The SMILES string of the molecule is CCNCc1cc(C(C)C)nc(N(C)CC2CCC2)c1. The summed E-state index contributed by atoms with van der Waals surface area (Å²) >= 11 is 0. The minimum absolute atomic E-state index is 0.479. The lowest BCUT2D eigenvalue weighted by atomic mass is 9.85. The van der Waals surface area contributed by atoms with Crippen LogP contribution in [0, 0.1) is 5.92 Å². The Bertz CT molecular complexity index is 424. The van der Waals surface area contributed by atoms with Crippen LogP contribution in [0.15, 0.2) is 12.1 Å². The van der Waals surface area contributed by atoms with Gasteiger partial charge in [-0.15, -0.1) is 0 Å². The Kier molecular flexibility index (Phi) is 5.41. The number of nitrogens with one attached hydrogen (secondary N) is 1. The lowest BCUT2D eigenvalue weighted by Gasteiger charge is -2.31. The van der Waals surface area contributed by atoms with E-state index in [0.29, 0.717) is 5.92 Å². The Hall–Kier alpha value is -1.09. The zero-order valence-corrected chi connectivity index (χ0v) is 13.4. The highest BCUT2D eigenvalue weighted by molar-refractivity contribution is 5.42. The third kappa shape index (κ3) is 3.95. The Labute approximate surface area is 123 Å². The molecule has 0 aliphatic heterocycles. The average molecular weight is 275 g/mol. The molecular formula is C17H29N3. The van der Waals surface area contributed by atoms with Crippen LogP contribution < -0.4 is 10.2 Å². The number of pyridine rings is 1. The lowest BCUT2D eigenvalue weighted by Crippen LogP contribution is -2.30. The molecule has 0 atom stereocenters. The van der Waals surface area contributed by atoms with E-state index < -0.39 is 0 Å². The van der Waals surface area contributed by atoms with Crippen molar-refractivity contribution in [2.24, 2.45) is 5.92 Å². The van der Waals surface area contributed by atoms with Gasteiger partial charge in [0.1, 0.15) is 5.82 Å². The maximum Gasteiger partial charge on any atom is 0.128 e. The molecule has 2 rings (SSSR count). The highest BCUT2D eigenvalue weighted by atomic mass is 15.2. The second kappa shape index (κ2) is 7.07. The Morgan fingerprint density at radius 2 is 2.10 bits per heavy atom. The van der Waals surface area contributed by atoms with Crippen LogP contribution in [0.1, 0.15) is 57.2 Å². The molecule has 112 valence electrons. The molecule has 1 N–H and O–H groups in total. The van der Waals surface area contributed by atoms with E-state index in [-0.39, 0.29) is 0 Å². The van der Waals surface area contributed by atoms with Crippen LogP contribution in [0.4, 0.5) is 5.82 Å². The molecule has 0 unspecified atom stereocenters. The molecule has 1 aromatic rings. The van der Waals surface area contributed by atoms with Crippen molar-refractivity contribution in [3.05, 3.63) is 23.4 Å². The van der Waals surface area contributed by atoms with Gasteiger partial charge in [0.2, 0.25) is 0 Å². The third-order valence-corrected chi connectivity index (χ3v) is 4.21. The van der Waals surface area contributed by atoms with Gasteiger partial charge in [-0.3, -0.25) is 0 Å². The van der Waals surface area contributed by atoms with Crippen LogP contribution in [0.2, 0.25) is 0 Å². The summed E-state index contributed by atoms with van der Waals surface area (Å²) < 4.78 is 0. The maximum absolute atomic E-state index is 4.85. The Morgan fingerprint density at radius 1 is 1.35 bits per heavy atom. The summed E-state index contributed by atoms with van der Waals surface area (Å²) in [6.45, 7) is 9.67. The Balaban J connectivity index is 2.13. The van der Waals surface area contributed by atoms with Crippen molar-refractivity contribution in [2.45, 2.75) is 52.5 Å². The second-order valence-electron chi connectivity index (χ2n) is 6.37. The molecule has 0 spiro atoms. The van der Waals surface area contributed by atoms with Crippen molar-refractivity contribution < 1.29 is 0 Å². The lowest BCUT2D eigenvalue weighted by molar-refractivity contribution is 0.321. The zero-order valence-electron chi connectivity index (χ0n) is 13.4. The Morgan fingerprint density at radius 3 is 2.65 bits per heavy atom. The molecule has 3 nitrogen and oxygen atoms in total. The highest BCUT2D eigenvalue weighted by Gasteiger charge is 2.20. The first-order valence-corrected chi connectivity index (χ1v) is 8.02. The van der Waals surface area contributed by atoms with Crippen molar-refractivity contribution in [1.29, 1.82) is 0 Å². The molecule has 0 saturated heterocycles. The molecule has 1 aliphatic carbocycles. The molecular weight excluding hydrogens is 246 g/mol. The fourth-order valence-corrected chi connectivity index (χ4v) is 2.61. The van der Waals surface area contributed by atoms with Gasteiger partial charge in [0, 0.05) is 25.8 Å². The summed E-state index contributed by atoms with van der Waals surface area (Å²) in [6, 6.07) is 4.49. The smallest absolute Gasteiger partial charge is 0.128 e. The summed E-state index contributed by atoms with van der Waals surface area (Å²) in [6.07, 6.45) is 4.18. The van der Waals surface area contributed by atoms with Crippen molar-refractivity contribution in [3.8, 4) is 0 Å². The minimum atomic E-state index is 0.479. The van der Waals surface area contributed by atoms with Gasteiger partial charge in [-0.1, -0.05) is 27.2 Å². The number of rotatable bonds is 7. The van der Waals surface area contributed by atoms with E-state index in [0.717, 1.165) is 31.4 Å². The van der Waals surface area contributed by atoms with E-state index in [4.69, 9.17) is 4.98 Å². The van der Waals surface area contributed by atoms with Crippen LogP contribution in [0.5, 0.6) is 0 Å². The van der Waals surface area contributed by atoms with Crippen molar-refractivity contribution in [2.75, 3.05) is 25.0 Å². The van der Waals surface area contributed by atoms with Crippen LogP contribution in [0.25, 0.3) is 0 Å². The average Bonchev–Trinajstić information content (AvgIpc) is 2.39. The fourth-order valence-electron chi connectivity index (χ4n) is 2.61. The van der Waals surface area contributed by atoms with Gasteiger partial charge >= 0.3 is 0 Å². The summed E-state index contributed by atoms with van der Waals surface area (Å²) in [5.41, 5.74) is 2.55. The first-order chi connectivity index (χ1) is 9.60. The summed E-state index contributed by atoms with van der Waals surface area (Å²) in [5, 5.41) is 3.41. The van der Waals surface area contributed by atoms with Crippen molar-refractivity contribution in [3.63, 3.8) is 0 Å². The number of anilines is 1. The van der Waals surface area contributed by atoms with E-state index in [9.17, 15) is 0 Å². The number of nitrogens with zero attached hydrogens (tertiary/aromatic N) is 2. The number of aromatic nitrogens is 1. The fraction of sp³-hybridized carbons (Fsp3) is 0.706. The molecule has 3 heteroatoms. The summed E-state index contributed by atoms with van der Waals surface area (Å²) in [7, 11) is 2.18. The largest absolute Gasteiger partial charge is 0.359 e. The maximum atomic E-state index is 4.85. The molecule has 1 heterocycles. The van der Waals surface area contributed by atoms with Gasteiger partial charge < -0.3 is 10.2 Å². The topological polar surface area (TPSA) is 28.2 Å². The first kappa shape index (κ1) is 15.3. The zero-order chi connectivity index (χ0) is 14.5. The second-order valence-corrected chi connectivity index (χ2v) is 6.37. The standard InChI is InChI=1S/C17H29N3/c1-5-18-11-15-9-16(13(2)3)19-17(10-15)20(4)12-14-7-6-8-14/h9-10,13-14,18H,5-8,11-12H2,1-4H3. The van der Waals surface area contributed by atoms with Gasteiger partial charge in [-0.25, -0.2) is 4.98 Å². The molecule has 0 bridgehead atoms. The predicted octanol–water partition coefficient (Wildman–Crippen LogP) is 3.55. The van der Waals surface area contributed by atoms with Gasteiger partial charge in [0.25, 0.3) is 0 Å². The summed E-state index contributed by atoms with van der Waals surface area (Å²) in [4.78, 5) is 7.19. The van der Waals surface area contributed by atoms with E-state index in [1.165, 1.54) is 30.5 Å². The van der Waals surface area contributed by atoms with Crippen LogP contribution in [-0.4, -0.2) is 25.1 Å². The third-order valence-electron chi connectivity index (χ3n) is 4.21. The normalized spacial score (nSPS) is 15.4. The highest BCUT2D eigenvalue weighted by Crippen LogP contribution is 2.28. The minimum Gasteiger partial charge on any atom is -0.359 e. The number of hydrogen-bond donors (Lipinski definition) is 1. The summed E-state index contributed by atoms with van der Waals surface area (Å²) in [5.74, 6) is 2.49.